The van der Waals surface area contributed by atoms with Crippen LogP contribution < -0.4 is 28.4 Å². The molecule has 0 spiro atoms. The van der Waals surface area contributed by atoms with Crippen molar-refractivity contribution < 1.29 is 47.5 Å². The van der Waals surface area contributed by atoms with Crippen LogP contribution in [0.5, 0.6) is 34.5 Å². The van der Waals surface area contributed by atoms with Crippen LogP contribution in [0.4, 0.5) is 0 Å². The number of esters is 2. The number of carbonyl (C=O) groups excluding carboxylic acids is 2. The van der Waals surface area contributed by atoms with Crippen LogP contribution >= 0.6 is 0 Å². The van der Waals surface area contributed by atoms with Crippen molar-refractivity contribution in [1.29, 1.82) is 0 Å². The topological polar surface area (TPSA) is 111 Å². The van der Waals surface area contributed by atoms with Gasteiger partial charge in [-0.15, -0.1) is 0 Å². The molecule has 11 nitrogen and oxygen atoms in total. The fraction of sp³-hybridized carbons (Fsp3) is 0.467. The number of nitrogens with zero attached hydrogens (tertiary/aromatic N) is 1. The lowest BCUT2D eigenvalue weighted by Gasteiger charge is -2.21. The normalized spacial score (nSPS) is 11.6. The van der Waals surface area contributed by atoms with Crippen molar-refractivity contribution in [3.63, 3.8) is 0 Å². The summed E-state index contributed by atoms with van der Waals surface area (Å²) < 4.78 is 42.7. The van der Waals surface area contributed by atoms with Gasteiger partial charge in [0.05, 0.1) is 61.4 Å². The molecule has 0 aromatic heterocycles. The van der Waals surface area contributed by atoms with Gasteiger partial charge in [-0.25, -0.2) is 9.59 Å². The van der Waals surface area contributed by atoms with Crippen molar-refractivity contribution in [2.45, 2.75) is 13.3 Å². The monoisotopic (exact) mass is 575 g/mol. The summed E-state index contributed by atoms with van der Waals surface area (Å²) in [5.41, 5.74) is 1.01. The highest BCUT2D eigenvalue weighted by Crippen LogP contribution is 2.39. The first-order chi connectivity index (χ1) is 19.7. The molecule has 0 unspecified atom stereocenters. The van der Waals surface area contributed by atoms with E-state index in [-0.39, 0.29) is 19.1 Å². The highest BCUT2D eigenvalue weighted by Gasteiger charge is 2.18. The maximum Gasteiger partial charge on any atom is 0.338 e. The Bertz CT molecular complexity index is 1130. The molecule has 0 heterocycles. The summed E-state index contributed by atoms with van der Waals surface area (Å²) in [7, 11) is 11.0. The van der Waals surface area contributed by atoms with Crippen LogP contribution in [0, 0.1) is 5.92 Å². The second-order valence-corrected chi connectivity index (χ2v) is 9.19. The first kappa shape index (κ1) is 33.1. The third kappa shape index (κ3) is 9.78. The van der Waals surface area contributed by atoms with Gasteiger partial charge in [-0.2, -0.15) is 0 Å². The minimum absolute atomic E-state index is 0.0975. The maximum absolute atomic E-state index is 12.5. The fourth-order valence-corrected chi connectivity index (χ4v) is 4.09. The molecule has 2 aromatic rings. The number of rotatable bonds is 17. The second-order valence-electron chi connectivity index (χ2n) is 9.19. The highest BCUT2D eigenvalue weighted by atomic mass is 16.5. The van der Waals surface area contributed by atoms with Gasteiger partial charge < -0.3 is 42.8 Å². The van der Waals surface area contributed by atoms with E-state index in [2.05, 4.69) is 4.90 Å². The number of ether oxygens (including phenoxy) is 8. The molecule has 0 aliphatic heterocycles. The van der Waals surface area contributed by atoms with E-state index in [4.69, 9.17) is 37.9 Å². The molecule has 0 saturated carbocycles. The zero-order valence-electron chi connectivity index (χ0n) is 25.1. The van der Waals surface area contributed by atoms with E-state index in [0.29, 0.717) is 65.1 Å². The summed E-state index contributed by atoms with van der Waals surface area (Å²) in [4.78, 5) is 26.9. The lowest BCUT2D eigenvalue weighted by atomic mass is 10.1. The van der Waals surface area contributed by atoms with Crippen molar-refractivity contribution >= 4 is 18.0 Å². The van der Waals surface area contributed by atoms with Gasteiger partial charge in [-0.1, -0.05) is 6.92 Å². The zero-order chi connectivity index (χ0) is 30.4. The zero-order valence-corrected chi connectivity index (χ0v) is 25.1. The average molecular weight is 576 g/mol. The smallest absolute Gasteiger partial charge is 0.338 e. The number of methoxy groups -OCH3 is 6. The minimum Gasteiger partial charge on any atom is -0.493 e. The molecule has 0 N–H and O–H groups in total. The van der Waals surface area contributed by atoms with E-state index < -0.39 is 11.9 Å². The minimum atomic E-state index is -0.480. The number of hydrogen-bond donors (Lipinski definition) is 0. The molecule has 0 amide bonds. The SMILES string of the molecule is COc1cc(/C=C/C(=O)OC[C@H](C)CN(C)CCCOC(=O)c2cc(OC)c(OC)c(OC)c2)cc(OC)c1OC. The first-order valence-electron chi connectivity index (χ1n) is 13.0. The van der Waals surface area contributed by atoms with E-state index in [1.54, 1.807) is 30.3 Å². The van der Waals surface area contributed by atoms with Crippen molar-refractivity contribution in [1.82, 2.24) is 4.90 Å². The van der Waals surface area contributed by atoms with Crippen molar-refractivity contribution in [3.8, 4) is 34.5 Å². The molecule has 0 aliphatic carbocycles. The van der Waals surface area contributed by atoms with Crippen LogP contribution in [0.3, 0.4) is 0 Å². The van der Waals surface area contributed by atoms with Crippen LogP contribution in [0.25, 0.3) is 6.08 Å². The van der Waals surface area contributed by atoms with E-state index in [1.807, 2.05) is 14.0 Å². The largest absolute Gasteiger partial charge is 0.493 e. The Balaban J connectivity index is 1.76. The Morgan fingerprint density at radius 2 is 1.29 bits per heavy atom. The van der Waals surface area contributed by atoms with Crippen molar-refractivity contribution in [3.05, 3.63) is 41.5 Å². The van der Waals surface area contributed by atoms with E-state index >= 15 is 0 Å². The van der Waals surface area contributed by atoms with Gasteiger partial charge >= 0.3 is 11.9 Å². The van der Waals surface area contributed by atoms with Crippen LogP contribution in [0.15, 0.2) is 30.3 Å². The molecule has 1 atom stereocenters. The van der Waals surface area contributed by atoms with Crippen LogP contribution in [-0.4, -0.2) is 92.8 Å². The van der Waals surface area contributed by atoms with E-state index in [0.717, 1.165) is 0 Å². The number of benzene rings is 2. The predicted molar refractivity (Wildman–Crippen MR) is 154 cm³/mol. The maximum atomic E-state index is 12.5. The van der Waals surface area contributed by atoms with Gasteiger partial charge in [0.25, 0.3) is 0 Å². The Kier molecular flexibility index (Phi) is 13.6. The van der Waals surface area contributed by atoms with Crippen LogP contribution in [0.1, 0.15) is 29.3 Å². The number of hydrogen-bond acceptors (Lipinski definition) is 11. The first-order valence-corrected chi connectivity index (χ1v) is 13.0. The second kappa shape index (κ2) is 16.9. The van der Waals surface area contributed by atoms with Crippen molar-refractivity contribution in [2.75, 3.05) is 76.0 Å². The molecule has 0 aliphatic rings. The summed E-state index contributed by atoms with van der Waals surface area (Å²) >= 11 is 0. The molecule has 0 saturated heterocycles. The predicted octanol–water partition coefficient (Wildman–Crippen LogP) is 4.11. The van der Waals surface area contributed by atoms with E-state index in [9.17, 15) is 9.59 Å². The summed E-state index contributed by atoms with van der Waals surface area (Å²) in [6, 6.07) is 6.59. The molecule has 2 aromatic carbocycles. The molecule has 11 heteroatoms. The standard InChI is InChI=1S/C30H41NO10/c1-20(19-41-27(32)11-10-21-14-23(34-3)28(38-7)24(15-21)35-4)18-31(2)12-9-13-40-30(33)22-16-25(36-5)29(39-8)26(17-22)37-6/h10-11,14-17,20H,9,12-13,18-19H2,1-8H3/b11-10+/t20-/m1/s1. The van der Waals surface area contributed by atoms with Gasteiger partial charge in [-0.3, -0.25) is 0 Å². The lowest BCUT2D eigenvalue weighted by Crippen LogP contribution is -2.29. The number of carbonyl (C=O) groups is 2. The Morgan fingerprint density at radius 1 is 0.780 bits per heavy atom. The molecule has 0 fully saturated rings. The van der Waals surface area contributed by atoms with Crippen molar-refractivity contribution in [2.24, 2.45) is 5.92 Å². The molecule has 41 heavy (non-hydrogen) atoms. The van der Waals surface area contributed by atoms with Crippen LogP contribution in [0.2, 0.25) is 0 Å². The van der Waals surface area contributed by atoms with E-state index in [1.165, 1.54) is 48.7 Å². The Hall–Kier alpha value is -4.12. The molecule has 2 rings (SSSR count). The summed E-state index contributed by atoms with van der Waals surface area (Å²) in [5.74, 6) is 1.79. The Morgan fingerprint density at radius 3 is 1.78 bits per heavy atom. The highest BCUT2D eigenvalue weighted by molar-refractivity contribution is 5.91. The molecule has 0 radical (unpaired) electrons. The van der Waals surface area contributed by atoms with Gasteiger partial charge in [0.1, 0.15) is 0 Å². The van der Waals surface area contributed by atoms with Gasteiger partial charge in [0.15, 0.2) is 23.0 Å². The molecular weight excluding hydrogens is 534 g/mol. The van der Waals surface area contributed by atoms with Crippen LogP contribution in [-0.2, 0) is 14.3 Å². The average Bonchev–Trinajstić information content (AvgIpc) is 2.99. The molecular formula is C30H41NO10. The summed E-state index contributed by atoms with van der Waals surface area (Å²) in [5, 5.41) is 0. The summed E-state index contributed by atoms with van der Waals surface area (Å²) in [6.45, 7) is 3.90. The molecule has 0 bridgehead atoms. The van der Waals surface area contributed by atoms with Gasteiger partial charge in [-0.05, 0) is 49.4 Å². The lowest BCUT2D eigenvalue weighted by molar-refractivity contribution is -0.139. The van der Waals surface area contributed by atoms with Gasteiger partial charge in [0.2, 0.25) is 11.5 Å². The molecule has 226 valence electrons. The third-order valence-corrected chi connectivity index (χ3v) is 6.05. The quantitative estimate of drug-likeness (QED) is 0.154. The third-order valence-electron chi connectivity index (χ3n) is 6.05. The summed E-state index contributed by atoms with van der Waals surface area (Å²) in [6.07, 6.45) is 3.62. The Labute approximate surface area is 241 Å². The fourth-order valence-electron chi connectivity index (χ4n) is 4.09. The van der Waals surface area contributed by atoms with Gasteiger partial charge in [0, 0.05) is 25.1 Å².